The molecule has 72 valence electrons. The van der Waals surface area contributed by atoms with Crippen LogP contribution in [0.25, 0.3) is 0 Å². The largest absolute Gasteiger partial charge is 0.358 e. The molecule has 0 radical (unpaired) electrons. The van der Waals surface area contributed by atoms with Crippen LogP contribution in [-0.2, 0) is 4.79 Å². The molecule has 0 aromatic carbocycles. The fourth-order valence-electron chi connectivity index (χ4n) is 0.685. The molecule has 0 atom stereocenters. The molecule has 0 aliphatic rings. The summed E-state index contributed by atoms with van der Waals surface area (Å²) < 4.78 is 0.745. The van der Waals surface area contributed by atoms with Gasteiger partial charge in [-0.3, -0.25) is 4.79 Å². The first-order chi connectivity index (χ1) is 6.18. The molecule has 7 heteroatoms. The maximum atomic E-state index is 10.5. The maximum absolute atomic E-state index is 10.5. The number of halogens is 1. The lowest BCUT2D eigenvalue weighted by Crippen LogP contribution is -2.26. The van der Waals surface area contributed by atoms with Gasteiger partial charge in [-0.05, 0) is 15.9 Å². The second-order valence-corrected chi connectivity index (χ2v) is 4.52. The van der Waals surface area contributed by atoms with Gasteiger partial charge in [0.25, 0.3) is 0 Å². The molecule has 0 bridgehead atoms. The highest BCUT2D eigenvalue weighted by Crippen LogP contribution is 2.19. The second-order valence-electron chi connectivity index (χ2n) is 2.27. The SMILES string of the molecule is CC(=O)NCCNc1nnc(Br)s1. The van der Waals surface area contributed by atoms with Crippen molar-refractivity contribution in [3.05, 3.63) is 3.92 Å². The van der Waals surface area contributed by atoms with Crippen molar-refractivity contribution >= 4 is 38.3 Å². The normalized spacial score (nSPS) is 9.69. The van der Waals surface area contributed by atoms with E-state index in [1.807, 2.05) is 0 Å². The van der Waals surface area contributed by atoms with E-state index in [9.17, 15) is 4.79 Å². The first kappa shape index (κ1) is 10.4. The van der Waals surface area contributed by atoms with E-state index >= 15 is 0 Å². The Kier molecular flexibility index (Phi) is 4.10. The summed E-state index contributed by atoms with van der Waals surface area (Å²) in [6.07, 6.45) is 0. The number of nitrogens with zero attached hydrogens (tertiary/aromatic N) is 2. The van der Waals surface area contributed by atoms with Crippen molar-refractivity contribution in [3.8, 4) is 0 Å². The van der Waals surface area contributed by atoms with Crippen LogP contribution in [0.1, 0.15) is 6.92 Å². The molecule has 1 aromatic rings. The lowest BCUT2D eigenvalue weighted by molar-refractivity contribution is -0.118. The molecular weight excluding hydrogens is 256 g/mol. The summed E-state index contributed by atoms with van der Waals surface area (Å²) >= 11 is 4.62. The van der Waals surface area contributed by atoms with Gasteiger partial charge in [0, 0.05) is 20.0 Å². The van der Waals surface area contributed by atoms with Crippen LogP contribution in [0.5, 0.6) is 0 Å². The minimum atomic E-state index is -0.0276. The number of carbonyl (C=O) groups excluding carboxylic acids is 1. The van der Waals surface area contributed by atoms with Crippen molar-refractivity contribution in [2.24, 2.45) is 0 Å². The molecule has 1 amide bonds. The molecule has 5 nitrogen and oxygen atoms in total. The molecule has 13 heavy (non-hydrogen) atoms. The molecule has 0 spiro atoms. The number of carbonyl (C=O) groups is 1. The molecule has 0 saturated heterocycles. The lowest BCUT2D eigenvalue weighted by Gasteiger charge is -2.01. The molecular formula is C6H9BrN4OS. The molecule has 0 aliphatic carbocycles. The fraction of sp³-hybridized carbons (Fsp3) is 0.500. The lowest BCUT2D eigenvalue weighted by atomic mass is 10.6. The van der Waals surface area contributed by atoms with Crippen LogP contribution in [0.2, 0.25) is 0 Å². The van der Waals surface area contributed by atoms with E-state index < -0.39 is 0 Å². The number of rotatable bonds is 4. The van der Waals surface area contributed by atoms with E-state index in [1.54, 1.807) is 0 Å². The Hall–Kier alpha value is -0.690. The van der Waals surface area contributed by atoms with Crippen LogP contribution >= 0.6 is 27.3 Å². The van der Waals surface area contributed by atoms with Crippen molar-refractivity contribution in [1.82, 2.24) is 15.5 Å². The predicted molar refractivity (Wildman–Crippen MR) is 54.8 cm³/mol. The van der Waals surface area contributed by atoms with Gasteiger partial charge >= 0.3 is 0 Å². The van der Waals surface area contributed by atoms with E-state index in [0.29, 0.717) is 13.1 Å². The zero-order chi connectivity index (χ0) is 9.68. The van der Waals surface area contributed by atoms with Gasteiger partial charge in [-0.25, -0.2) is 0 Å². The smallest absolute Gasteiger partial charge is 0.216 e. The minimum Gasteiger partial charge on any atom is -0.358 e. The van der Waals surface area contributed by atoms with E-state index in [2.05, 4.69) is 36.8 Å². The van der Waals surface area contributed by atoms with E-state index in [0.717, 1.165) is 9.05 Å². The van der Waals surface area contributed by atoms with Crippen molar-refractivity contribution < 1.29 is 4.79 Å². The quantitative estimate of drug-likeness (QED) is 0.792. The average Bonchev–Trinajstić information content (AvgIpc) is 2.45. The molecule has 0 aliphatic heterocycles. The molecule has 1 heterocycles. The highest BCUT2D eigenvalue weighted by atomic mass is 79.9. The maximum Gasteiger partial charge on any atom is 0.216 e. The Morgan fingerprint density at radius 3 is 2.85 bits per heavy atom. The third-order valence-corrected chi connectivity index (χ3v) is 2.49. The monoisotopic (exact) mass is 264 g/mol. The second kappa shape index (κ2) is 5.13. The van der Waals surface area contributed by atoms with Crippen molar-refractivity contribution in [1.29, 1.82) is 0 Å². The predicted octanol–water partition coefficient (Wildman–Crippen LogP) is 0.849. The Balaban J connectivity index is 2.16. The minimum absolute atomic E-state index is 0.0276. The van der Waals surface area contributed by atoms with Crippen LogP contribution in [0.4, 0.5) is 5.13 Å². The van der Waals surface area contributed by atoms with Crippen molar-refractivity contribution in [2.45, 2.75) is 6.92 Å². The van der Waals surface area contributed by atoms with Gasteiger partial charge in [-0.2, -0.15) is 0 Å². The third kappa shape index (κ3) is 4.18. The average molecular weight is 265 g/mol. The summed E-state index contributed by atoms with van der Waals surface area (Å²) in [7, 11) is 0. The van der Waals surface area contributed by atoms with Gasteiger partial charge in [0.05, 0.1) is 0 Å². The standard InChI is InChI=1S/C6H9BrN4OS/c1-4(12)8-2-3-9-6-11-10-5(7)13-6/h2-3H2,1H3,(H,8,12)(H,9,11). The topological polar surface area (TPSA) is 66.9 Å². The summed E-state index contributed by atoms with van der Waals surface area (Å²) in [4.78, 5) is 10.5. The van der Waals surface area contributed by atoms with Crippen LogP contribution in [-0.4, -0.2) is 29.2 Å². The molecule has 1 aromatic heterocycles. The molecule has 1 rings (SSSR count). The van der Waals surface area contributed by atoms with Gasteiger partial charge in [-0.15, -0.1) is 10.2 Å². The zero-order valence-electron chi connectivity index (χ0n) is 7.00. The number of nitrogens with one attached hydrogen (secondary N) is 2. The summed E-state index contributed by atoms with van der Waals surface area (Å²) in [5, 5.41) is 14.0. The Morgan fingerprint density at radius 2 is 2.31 bits per heavy atom. The van der Waals surface area contributed by atoms with E-state index in [4.69, 9.17) is 0 Å². The zero-order valence-corrected chi connectivity index (χ0v) is 9.41. The van der Waals surface area contributed by atoms with Gasteiger partial charge in [0.2, 0.25) is 11.0 Å². The molecule has 0 fully saturated rings. The van der Waals surface area contributed by atoms with Gasteiger partial charge in [-0.1, -0.05) is 11.3 Å². The van der Waals surface area contributed by atoms with Crippen LogP contribution in [0.3, 0.4) is 0 Å². The molecule has 0 unspecified atom stereocenters. The van der Waals surface area contributed by atoms with E-state index in [1.165, 1.54) is 18.3 Å². The van der Waals surface area contributed by atoms with Crippen molar-refractivity contribution in [2.75, 3.05) is 18.4 Å². The Labute approximate surface area is 88.1 Å². The summed E-state index contributed by atoms with van der Waals surface area (Å²) in [5.74, 6) is -0.0276. The number of anilines is 1. The molecule has 0 saturated carbocycles. The summed E-state index contributed by atoms with van der Waals surface area (Å²) in [5.41, 5.74) is 0. The fourth-order valence-corrected chi connectivity index (χ4v) is 1.72. The number of hydrogen-bond acceptors (Lipinski definition) is 5. The van der Waals surface area contributed by atoms with Crippen molar-refractivity contribution in [3.63, 3.8) is 0 Å². The van der Waals surface area contributed by atoms with Gasteiger partial charge in [0.1, 0.15) is 0 Å². The van der Waals surface area contributed by atoms with Gasteiger partial charge < -0.3 is 10.6 Å². The van der Waals surface area contributed by atoms with Gasteiger partial charge in [0.15, 0.2) is 3.92 Å². The Bertz CT molecular complexity index is 290. The number of amides is 1. The van der Waals surface area contributed by atoms with Crippen LogP contribution in [0, 0.1) is 0 Å². The first-order valence-electron chi connectivity index (χ1n) is 3.66. The number of hydrogen-bond donors (Lipinski definition) is 2. The first-order valence-corrected chi connectivity index (χ1v) is 5.27. The number of aromatic nitrogens is 2. The molecule has 2 N–H and O–H groups in total. The summed E-state index contributed by atoms with van der Waals surface area (Å²) in [6.45, 7) is 2.73. The van der Waals surface area contributed by atoms with E-state index in [-0.39, 0.29) is 5.91 Å². The highest BCUT2D eigenvalue weighted by molar-refractivity contribution is 9.11. The third-order valence-electron chi connectivity index (χ3n) is 1.18. The highest BCUT2D eigenvalue weighted by Gasteiger charge is 1.98. The van der Waals surface area contributed by atoms with Crippen LogP contribution in [0.15, 0.2) is 3.92 Å². The van der Waals surface area contributed by atoms with Crippen LogP contribution < -0.4 is 10.6 Å². The Morgan fingerprint density at radius 1 is 1.54 bits per heavy atom. The summed E-state index contributed by atoms with van der Waals surface area (Å²) in [6, 6.07) is 0.